The summed E-state index contributed by atoms with van der Waals surface area (Å²) in [5, 5.41) is 16.5. The summed E-state index contributed by atoms with van der Waals surface area (Å²) >= 11 is 31.0. The van der Waals surface area contributed by atoms with E-state index >= 15 is 0 Å². The molecule has 0 heterocycles. The van der Waals surface area contributed by atoms with Gasteiger partial charge in [-0.1, -0.05) is 34.8 Å². The van der Waals surface area contributed by atoms with Gasteiger partial charge in [-0.2, -0.15) is 0 Å². The molecule has 2 N–H and O–H groups in total. The van der Waals surface area contributed by atoms with Crippen LogP contribution in [0.25, 0.3) is 0 Å². The van der Waals surface area contributed by atoms with Crippen LogP contribution >= 0.6 is 58.0 Å². The number of nitrogens with one attached hydrogen (secondary N) is 2. The minimum absolute atomic E-state index is 0.0229. The number of halogens is 6. The second kappa shape index (κ2) is 10.0. The predicted molar refractivity (Wildman–Crippen MR) is 138 cm³/mol. The molecule has 0 radical (unpaired) electrons. The monoisotopic (exact) mass is 589 g/mol. The molecule has 2 amide bonds. The van der Waals surface area contributed by atoms with E-state index in [9.17, 15) is 24.1 Å². The van der Waals surface area contributed by atoms with E-state index in [2.05, 4.69) is 10.6 Å². The van der Waals surface area contributed by atoms with Crippen molar-refractivity contribution >= 4 is 86.9 Å². The number of hydrogen-bond acceptors (Lipinski definition) is 4. The van der Waals surface area contributed by atoms with Gasteiger partial charge >= 0.3 is 0 Å². The Morgan fingerprint density at radius 1 is 0.944 bits per heavy atom. The van der Waals surface area contributed by atoms with E-state index in [0.717, 1.165) is 12.1 Å². The van der Waals surface area contributed by atoms with E-state index in [1.54, 1.807) is 12.1 Å². The summed E-state index contributed by atoms with van der Waals surface area (Å²) < 4.78 is 12.8. The lowest BCUT2D eigenvalue weighted by Crippen LogP contribution is -2.18. The van der Waals surface area contributed by atoms with Gasteiger partial charge in [0.2, 0.25) is 5.91 Å². The van der Waals surface area contributed by atoms with Gasteiger partial charge in [0, 0.05) is 27.7 Å². The molecule has 36 heavy (non-hydrogen) atoms. The van der Waals surface area contributed by atoms with Crippen molar-refractivity contribution in [2.45, 2.75) is 10.3 Å². The lowest BCUT2D eigenvalue weighted by atomic mass is 10.1. The number of anilines is 2. The Balaban J connectivity index is 1.51. The largest absolute Gasteiger partial charge is 0.326 e. The topological polar surface area (TPSA) is 101 Å². The Labute approximate surface area is 228 Å². The maximum Gasteiger partial charge on any atom is 0.272 e. The number of amides is 2. The highest BCUT2D eigenvalue weighted by molar-refractivity contribution is 6.53. The SMILES string of the molecule is O=C(Nc1ccc([N+](=O)[O-])cc1F)c1cc(NC(=O)[C@@H]2[C@@H](c3cc(Cl)cc(Cl)c3)C2(Cl)Cl)ccc1Cl. The molecule has 0 bridgehead atoms. The number of non-ortho nitro benzene ring substituents is 1. The van der Waals surface area contributed by atoms with Crippen LogP contribution in [0.4, 0.5) is 21.5 Å². The van der Waals surface area contributed by atoms with Gasteiger partial charge in [0.1, 0.15) is 4.33 Å². The van der Waals surface area contributed by atoms with Crippen LogP contribution in [0.3, 0.4) is 0 Å². The van der Waals surface area contributed by atoms with E-state index in [1.807, 2.05) is 0 Å². The smallest absolute Gasteiger partial charge is 0.272 e. The normalized spacial score (nSPS) is 17.8. The molecule has 0 unspecified atom stereocenters. The molecule has 13 heteroatoms. The molecule has 3 aromatic carbocycles. The zero-order valence-corrected chi connectivity index (χ0v) is 21.5. The number of nitro groups is 1. The number of carbonyl (C=O) groups is 2. The first-order valence-electron chi connectivity index (χ1n) is 10.1. The summed E-state index contributed by atoms with van der Waals surface area (Å²) in [6.07, 6.45) is 0. The van der Waals surface area contributed by atoms with Gasteiger partial charge in [-0.25, -0.2) is 4.39 Å². The summed E-state index contributed by atoms with van der Waals surface area (Å²) in [5.74, 6) is -3.73. The lowest BCUT2D eigenvalue weighted by Gasteiger charge is -2.11. The number of carbonyl (C=O) groups excluding carboxylic acids is 2. The number of nitrogens with zero attached hydrogens (tertiary/aromatic N) is 1. The maximum absolute atomic E-state index is 14.2. The molecule has 4 rings (SSSR count). The van der Waals surface area contributed by atoms with Gasteiger partial charge in [-0.3, -0.25) is 19.7 Å². The number of rotatable bonds is 6. The highest BCUT2D eigenvalue weighted by Gasteiger charge is 2.67. The first-order chi connectivity index (χ1) is 16.9. The minimum Gasteiger partial charge on any atom is -0.326 e. The summed E-state index contributed by atoms with van der Waals surface area (Å²) in [5.41, 5.74) is -0.0340. The molecular weight excluding hydrogens is 579 g/mol. The molecule has 7 nitrogen and oxygen atoms in total. The Morgan fingerprint density at radius 2 is 1.61 bits per heavy atom. The van der Waals surface area contributed by atoms with Crippen LogP contribution in [0.2, 0.25) is 15.1 Å². The third-order valence-electron chi connectivity index (χ3n) is 5.47. The van der Waals surface area contributed by atoms with Crippen LogP contribution in [-0.4, -0.2) is 21.1 Å². The fourth-order valence-electron chi connectivity index (χ4n) is 3.73. The zero-order valence-electron chi connectivity index (χ0n) is 17.7. The number of alkyl halides is 2. The second-order valence-electron chi connectivity index (χ2n) is 7.89. The van der Waals surface area contributed by atoms with Gasteiger partial charge in [-0.05, 0) is 48.0 Å². The van der Waals surface area contributed by atoms with Crippen molar-refractivity contribution in [3.8, 4) is 0 Å². The lowest BCUT2D eigenvalue weighted by molar-refractivity contribution is -0.385. The average Bonchev–Trinajstić information content (AvgIpc) is 3.37. The van der Waals surface area contributed by atoms with Gasteiger partial charge < -0.3 is 10.6 Å². The fraction of sp³-hybridized carbons (Fsp3) is 0.130. The molecule has 1 aliphatic rings. The molecule has 0 spiro atoms. The highest BCUT2D eigenvalue weighted by atomic mass is 35.5. The molecular formula is C23H13Cl5FN3O4. The third kappa shape index (κ3) is 5.38. The van der Waals surface area contributed by atoms with E-state index < -0.39 is 44.4 Å². The second-order valence-corrected chi connectivity index (χ2v) is 10.6. The minimum atomic E-state index is -1.40. The number of hydrogen-bond donors (Lipinski definition) is 2. The van der Waals surface area contributed by atoms with Crippen LogP contribution in [0, 0.1) is 21.8 Å². The van der Waals surface area contributed by atoms with Crippen molar-refractivity contribution in [2.75, 3.05) is 10.6 Å². The molecule has 0 aliphatic heterocycles. The van der Waals surface area contributed by atoms with Crippen molar-refractivity contribution < 1.29 is 18.9 Å². The van der Waals surface area contributed by atoms with Gasteiger partial charge in [0.25, 0.3) is 11.6 Å². The van der Waals surface area contributed by atoms with Crippen molar-refractivity contribution in [3.05, 3.63) is 96.7 Å². The van der Waals surface area contributed by atoms with Crippen molar-refractivity contribution in [2.24, 2.45) is 5.92 Å². The van der Waals surface area contributed by atoms with Crippen LogP contribution in [-0.2, 0) is 4.79 Å². The quantitative estimate of drug-likeness (QED) is 0.176. The zero-order chi connectivity index (χ0) is 26.4. The van der Waals surface area contributed by atoms with Crippen molar-refractivity contribution in [1.82, 2.24) is 0 Å². The molecule has 2 atom stereocenters. The third-order valence-corrected chi connectivity index (χ3v) is 7.18. The number of nitro benzene ring substituents is 1. The van der Waals surface area contributed by atoms with Crippen LogP contribution in [0.5, 0.6) is 0 Å². The summed E-state index contributed by atoms with van der Waals surface area (Å²) in [6.45, 7) is 0. The first kappa shape index (κ1) is 26.4. The summed E-state index contributed by atoms with van der Waals surface area (Å²) in [7, 11) is 0. The van der Waals surface area contributed by atoms with E-state index in [-0.39, 0.29) is 22.0 Å². The van der Waals surface area contributed by atoms with Crippen LogP contribution in [0.1, 0.15) is 21.8 Å². The Bertz CT molecular complexity index is 1400. The van der Waals surface area contributed by atoms with Crippen LogP contribution in [0.15, 0.2) is 54.6 Å². The number of benzene rings is 3. The summed E-state index contributed by atoms with van der Waals surface area (Å²) in [6, 6.07) is 11.7. The molecule has 186 valence electrons. The predicted octanol–water partition coefficient (Wildman–Crippen LogP) is 7.47. The molecule has 0 aromatic heterocycles. The molecule has 1 saturated carbocycles. The molecule has 1 fully saturated rings. The molecule has 0 saturated heterocycles. The standard InChI is InChI=1S/C23H13Cl5FN3O4/c24-11-5-10(6-12(25)7-11)19-20(23(19,27)28)22(34)30-13-1-3-16(26)15(8-13)21(33)31-18-4-2-14(32(35)36)9-17(18)29/h1-9,19-20H,(H,30,34)(H,31,33)/t19-,20+/m1/s1. The fourth-order valence-corrected chi connectivity index (χ4v) is 5.30. The summed E-state index contributed by atoms with van der Waals surface area (Å²) in [4.78, 5) is 35.7. The first-order valence-corrected chi connectivity index (χ1v) is 12.0. The van der Waals surface area contributed by atoms with E-state index in [4.69, 9.17) is 58.0 Å². The maximum atomic E-state index is 14.2. The van der Waals surface area contributed by atoms with Gasteiger partial charge in [-0.15, -0.1) is 23.2 Å². The Hall–Kier alpha value is -2.62. The van der Waals surface area contributed by atoms with E-state index in [0.29, 0.717) is 21.7 Å². The average molecular weight is 592 g/mol. The van der Waals surface area contributed by atoms with Gasteiger partial charge in [0.15, 0.2) is 5.82 Å². The van der Waals surface area contributed by atoms with Crippen molar-refractivity contribution in [1.29, 1.82) is 0 Å². The van der Waals surface area contributed by atoms with Crippen molar-refractivity contribution in [3.63, 3.8) is 0 Å². The molecule has 3 aromatic rings. The molecule has 1 aliphatic carbocycles. The Morgan fingerprint density at radius 3 is 2.22 bits per heavy atom. The van der Waals surface area contributed by atoms with Gasteiger partial charge in [0.05, 0.1) is 33.2 Å². The highest BCUT2D eigenvalue weighted by Crippen LogP contribution is 2.65. The van der Waals surface area contributed by atoms with Crippen LogP contribution < -0.4 is 10.6 Å². The Kier molecular flexibility index (Phi) is 7.37. The van der Waals surface area contributed by atoms with E-state index in [1.165, 1.54) is 24.3 Å².